The summed E-state index contributed by atoms with van der Waals surface area (Å²) in [4.78, 5) is 8.70. The van der Waals surface area contributed by atoms with Crippen molar-refractivity contribution >= 4 is 41.5 Å². The predicted molar refractivity (Wildman–Crippen MR) is 117 cm³/mol. The van der Waals surface area contributed by atoms with Gasteiger partial charge in [-0.1, -0.05) is 61.8 Å². The molecule has 2 N–H and O–H groups in total. The number of nitrogens with zero attached hydrogens (tertiary/aromatic N) is 2. The first-order valence-electron chi connectivity index (χ1n) is 8.19. The van der Waals surface area contributed by atoms with Crippen LogP contribution in [0, 0.1) is 0 Å². The summed E-state index contributed by atoms with van der Waals surface area (Å²) in [5.74, 6) is 0.802. The van der Waals surface area contributed by atoms with Crippen LogP contribution in [0.5, 0.6) is 0 Å². The molecule has 0 aliphatic carbocycles. The number of guanidine groups is 1. The summed E-state index contributed by atoms with van der Waals surface area (Å²) in [6.07, 6.45) is 1.75. The molecular formula is C19H26ClIN4. The average Bonchev–Trinajstić information content (AvgIpc) is 2.59. The van der Waals surface area contributed by atoms with Crippen molar-refractivity contribution in [2.75, 3.05) is 13.1 Å². The Morgan fingerprint density at radius 1 is 1.12 bits per heavy atom. The molecule has 0 radical (unpaired) electrons. The molecular weight excluding hydrogens is 447 g/mol. The van der Waals surface area contributed by atoms with Crippen LogP contribution in [0.25, 0.3) is 0 Å². The molecule has 2 rings (SSSR count). The van der Waals surface area contributed by atoms with Crippen LogP contribution >= 0.6 is 35.6 Å². The average molecular weight is 473 g/mol. The molecule has 2 aromatic rings. The molecule has 136 valence electrons. The Morgan fingerprint density at radius 3 is 2.44 bits per heavy atom. The number of pyridine rings is 1. The van der Waals surface area contributed by atoms with Gasteiger partial charge in [-0.3, -0.25) is 0 Å². The van der Waals surface area contributed by atoms with Crippen molar-refractivity contribution in [1.29, 1.82) is 0 Å². The van der Waals surface area contributed by atoms with Crippen molar-refractivity contribution in [3.05, 3.63) is 64.9 Å². The zero-order valence-corrected chi connectivity index (χ0v) is 18.0. The molecule has 0 bridgehead atoms. The van der Waals surface area contributed by atoms with Gasteiger partial charge in [-0.25, -0.2) is 9.98 Å². The van der Waals surface area contributed by atoms with Crippen LogP contribution in [0.2, 0.25) is 5.15 Å². The molecule has 0 atom stereocenters. The van der Waals surface area contributed by atoms with Crippen LogP contribution in [0.15, 0.2) is 53.7 Å². The maximum absolute atomic E-state index is 5.81. The van der Waals surface area contributed by atoms with Crippen LogP contribution in [0.1, 0.15) is 31.9 Å². The highest BCUT2D eigenvalue weighted by atomic mass is 127. The van der Waals surface area contributed by atoms with E-state index >= 15 is 0 Å². The first kappa shape index (κ1) is 21.7. The first-order valence-corrected chi connectivity index (χ1v) is 8.57. The van der Waals surface area contributed by atoms with Gasteiger partial charge in [0.05, 0.1) is 6.54 Å². The van der Waals surface area contributed by atoms with Gasteiger partial charge in [0, 0.05) is 24.7 Å². The van der Waals surface area contributed by atoms with E-state index in [2.05, 4.69) is 65.6 Å². The quantitative estimate of drug-likeness (QED) is 0.284. The number of aliphatic imine (C=N–C) groups is 1. The molecule has 0 unspecified atom stereocenters. The highest BCUT2D eigenvalue weighted by molar-refractivity contribution is 14.0. The van der Waals surface area contributed by atoms with Crippen molar-refractivity contribution in [2.45, 2.75) is 32.7 Å². The lowest BCUT2D eigenvalue weighted by Crippen LogP contribution is -2.43. The lowest BCUT2D eigenvalue weighted by molar-refractivity contribution is 0.508. The van der Waals surface area contributed by atoms with Crippen LogP contribution in [-0.2, 0) is 12.0 Å². The van der Waals surface area contributed by atoms with Crippen LogP contribution in [0.4, 0.5) is 0 Å². The fraction of sp³-hybridized carbons (Fsp3) is 0.368. The van der Waals surface area contributed by atoms with Crippen LogP contribution in [0.3, 0.4) is 0 Å². The SMILES string of the molecule is CCNC(=NCc1ccc(Cl)nc1)NCC(C)(C)c1ccccc1.I. The lowest BCUT2D eigenvalue weighted by atomic mass is 9.85. The summed E-state index contributed by atoms with van der Waals surface area (Å²) in [6.45, 7) is 8.68. The Hall–Kier alpha value is -1.34. The van der Waals surface area contributed by atoms with Crippen LogP contribution in [-0.4, -0.2) is 24.0 Å². The minimum Gasteiger partial charge on any atom is -0.357 e. The topological polar surface area (TPSA) is 49.3 Å². The molecule has 25 heavy (non-hydrogen) atoms. The zero-order chi connectivity index (χ0) is 17.4. The molecule has 0 fully saturated rings. The van der Waals surface area contributed by atoms with E-state index in [-0.39, 0.29) is 29.4 Å². The number of nitrogens with one attached hydrogen (secondary N) is 2. The molecule has 0 saturated heterocycles. The third-order valence-corrected chi connectivity index (χ3v) is 4.03. The third-order valence-electron chi connectivity index (χ3n) is 3.81. The van der Waals surface area contributed by atoms with Gasteiger partial charge in [0.15, 0.2) is 5.96 Å². The smallest absolute Gasteiger partial charge is 0.191 e. The summed E-state index contributed by atoms with van der Waals surface area (Å²) < 4.78 is 0. The zero-order valence-electron chi connectivity index (χ0n) is 14.9. The molecule has 1 aromatic heterocycles. The highest BCUT2D eigenvalue weighted by Gasteiger charge is 2.20. The highest BCUT2D eigenvalue weighted by Crippen LogP contribution is 2.21. The third kappa shape index (κ3) is 7.20. The Kier molecular flexibility index (Phi) is 9.21. The van der Waals surface area contributed by atoms with E-state index in [1.807, 2.05) is 12.1 Å². The Morgan fingerprint density at radius 2 is 1.84 bits per heavy atom. The summed E-state index contributed by atoms with van der Waals surface area (Å²) in [6, 6.07) is 14.2. The van der Waals surface area contributed by atoms with E-state index in [0.717, 1.165) is 24.6 Å². The van der Waals surface area contributed by atoms with E-state index < -0.39 is 0 Å². The minimum absolute atomic E-state index is 0. The summed E-state index contributed by atoms with van der Waals surface area (Å²) in [5, 5.41) is 7.21. The largest absolute Gasteiger partial charge is 0.357 e. The van der Waals surface area contributed by atoms with E-state index in [9.17, 15) is 0 Å². The predicted octanol–water partition coefficient (Wildman–Crippen LogP) is 4.39. The second kappa shape index (κ2) is 10.6. The molecule has 1 heterocycles. The maximum atomic E-state index is 5.81. The van der Waals surface area contributed by atoms with Gasteiger partial charge in [0.25, 0.3) is 0 Å². The molecule has 1 aromatic carbocycles. The summed E-state index contributed by atoms with van der Waals surface area (Å²) in [5.41, 5.74) is 2.34. The normalized spacial score (nSPS) is 11.6. The Balaban J connectivity index is 0.00000312. The van der Waals surface area contributed by atoms with Crippen molar-refractivity contribution in [3.8, 4) is 0 Å². The van der Waals surface area contributed by atoms with Crippen molar-refractivity contribution < 1.29 is 0 Å². The maximum Gasteiger partial charge on any atom is 0.191 e. The number of rotatable bonds is 6. The Labute approximate surface area is 172 Å². The molecule has 0 amide bonds. The fourth-order valence-corrected chi connectivity index (χ4v) is 2.42. The lowest BCUT2D eigenvalue weighted by Gasteiger charge is -2.26. The number of hydrogen-bond donors (Lipinski definition) is 2. The van der Waals surface area contributed by atoms with Crippen molar-refractivity contribution in [1.82, 2.24) is 15.6 Å². The molecule has 0 aliphatic heterocycles. The second-order valence-corrected chi connectivity index (χ2v) is 6.68. The van der Waals surface area contributed by atoms with Gasteiger partial charge in [0.1, 0.15) is 5.15 Å². The fourth-order valence-electron chi connectivity index (χ4n) is 2.31. The van der Waals surface area contributed by atoms with Gasteiger partial charge in [-0.2, -0.15) is 0 Å². The molecule has 4 nitrogen and oxygen atoms in total. The van der Waals surface area contributed by atoms with E-state index in [1.165, 1.54) is 5.56 Å². The molecule has 0 saturated carbocycles. The monoisotopic (exact) mass is 472 g/mol. The molecule has 6 heteroatoms. The first-order chi connectivity index (χ1) is 11.5. The van der Waals surface area contributed by atoms with E-state index in [1.54, 1.807) is 12.3 Å². The van der Waals surface area contributed by atoms with Crippen LogP contribution < -0.4 is 10.6 Å². The van der Waals surface area contributed by atoms with E-state index in [4.69, 9.17) is 11.6 Å². The number of benzene rings is 1. The van der Waals surface area contributed by atoms with Crippen molar-refractivity contribution in [3.63, 3.8) is 0 Å². The summed E-state index contributed by atoms with van der Waals surface area (Å²) in [7, 11) is 0. The number of aromatic nitrogens is 1. The van der Waals surface area contributed by atoms with Gasteiger partial charge in [-0.05, 0) is 24.1 Å². The van der Waals surface area contributed by atoms with Gasteiger partial charge >= 0.3 is 0 Å². The van der Waals surface area contributed by atoms with E-state index in [0.29, 0.717) is 11.7 Å². The van der Waals surface area contributed by atoms with Gasteiger partial charge in [-0.15, -0.1) is 24.0 Å². The second-order valence-electron chi connectivity index (χ2n) is 6.29. The van der Waals surface area contributed by atoms with Crippen molar-refractivity contribution in [2.24, 2.45) is 4.99 Å². The molecule has 0 spiro atoms. The number of hydrogen-bond acceptors (Lipinski definition) is 2. The van der Waals surface area contributed by atoms with Gasteiger partial charge in [0.2, 0.25) is 0 Å². The number of halogens is 2. The molecule has 0 aliphatic rings. The minimum atomic E-state index is 0. The Bertz CT molecular complexity index is 657. The standard InChI is InChI=1S/C19H25ClN4.HI/c1-4-21-18(23-13-15-10-11-17(20)22-12-15)24-14-19(2,3)16-8-6-5-7-9-16;/h5-12H,4,13-14H2,1-3H3,(H2,21,23,24);1H. The summed E-state index contributed by atoms with van der Waals surface area (Å²) >= 11 is 5.81. The van der Waals surface area contributed by atoms with Gasteiger partial charge < -0.3 is 10.6 Å².